The summed E-state index contributed by atoms with van der Waals surface area (Å²) in [6.45, 7) is 2.30. The molecule has 2 aromatic carbocycles. The molecule has 0 saturated heterocycles. The average molecular weight is 392 g/mol. The van der Waals surface area contributed by atoms with E-state index >= 15 is 0 Å². The van der Waals surface area contributed by atoms with Crippen molar-refractivity contribution in [1.29, 1.82) is 0 Å². The Labute approximate surface area is 159 Å². The van der Waals surface area contributed by atoms with E-state index in [0.29, 0.717) is 22.3 Å². The van der Waals surface area contributed by atoms with Crippen LogP contribution in [0.4, 0.5) is 10.5 Å². The Kier molecular flexibility index (Phi) is 5.58. The lowest BCUT2D eigenvalue weighted by atomic mass is 10.2. The van der Waals surface area contributed by atoms with Gasteiger partial charge >= 0.3 is 6.03 Å². The number of nitrogens with zero attached hydrogens (tertiary/aromatic N) is 1. The topological polar surface area (TPSA) is 54.0 Å². The lowest BCUT2D eigenvalue weighted by molar-refractivity contribution is 0.252. The van der Waals surface area contributed by atoms with E-state index in [9.17, 15) is 4.79 Å². The number of carbonyl (C=O) groups is 1. The molecule has 3 rings (SSSR count). The molecule has 0 atom stereocenters. The number of anilines is 1. The van der Waals surface area contributed by atoms with Gasteiger partial charge < -0.3 is 10.6 Å². The molecule has 0 aliphatic carbocycles. The van der Waals surface area contributed by atoms with Crippen LogP contribution in [0, 0.1) is 6.92 Å². The molecule has 0 saturated carbocycles. The van der Waals surface area contributed by atoms with Crippen molar-refractivity contribution < 1.29 is 4.79 Å². The molecule has 3 aromatic rings. The second-order valence-electron chi connectivity index (χ2n) is 5.29. The Morgan fingerprint density at radius 1 is 1.08 bits per heavy atom. The lowest BCUT2D eigenvalue weighted by Gasteiger charge is -2.08. The predicted molar refractivity (Wildman–Crippen MR) is 105 cm³/mol. The van der Waals surface area contributed by atoms with Gasteiger partial charge in [0.15, 0.2) is 0 Å². The highest BCUT2D eigenvalue weighted by atomic mass is 35.5. The molecule has 0 aliphatic rings. The van der Waals surface area contributed by atoms with E-state index in [-0.39, 0.29) is 6.03 Å². The Morgan fingerprint density at radius 2 is 1.76 bits per heavy atom. The van der Waals surface area contributed by atoms with Crippen LogP contribution in [0.5, 0.6) is 0 Å². The molecule has 2 amide bonds. The van der Waals surface area contributed by atoms with Gasteiger partial charge in [-0.1, -0.05) is 53.5 Å². The molecule has 1 heterocycles. The maximum atomic E-state index is 12.1. The number of benzene rings is 2. The Morgan fingerprint density at radius 3 is 2.48 bits per heavy atom. The van der Waals surface area contributed by atoms with Crippen LogP contribution in [0.3, 0.4) is 0 Å². The fourth-order valence-corrected chi connectivity index (χ4v) is 3.74. The van der Waals surface area contributed by atoms with Crippen molar-refractivity contribution in [3.8, 4) is 10.6 Å². The minimum absolute atomic E-state index is 0.319. The van der Waals surface area contributed by atoms with E-state index in [0.717, 1.165) is 21.1 Å². The zero-order chi connectivity index (χ0) is 17.8. The number of amides is 2. The van der Waals surface area contributed by atoms with Crippen molar-refractivity contribution >= 4 is 46.3 Å². The third kappa shape index (κ3) is 4.31. The molecule has 7 heteroatoms. The summed E-state index contributed by atoms with van der Waals surface area (Å²) in [7, 11) is 0. The van der Waals surface area contributed by atoms with Crippen LogP contribution in [0.2, 0.25) is 10.0 Å². The third-order valence-electron chi connectivity index (χ3n) is 3.53. The van der Waals surface area contributed by atoms with Crippen molar-refractivity contribution in [2.75, 3.05) is 5.32 Å². The van der Waals surface area contributed by atoms with Gasteiger partial charge in [0.2, 0.25) is 0 Å². The molecule has 1 aromatic heterocycles. The summed E-state index contributed by atoms with van der Waals surface area (Å²) in [5, 5.41) is 7.54. The highest BCUT2D eigenvalue weighted by molar-refractivity contribution is 7.15. The number of thiazole rings is 1. The number of nitrogens with one attached hydrogen (secondary N) is 2. The number of rotatable bonds is 4. The van der Waals surface area contributed by atoms with Gasteiger partial charge in [0.05, 0.1) is 28.0 Å². The van der Waals surface area contributed by atoms with Crippen LogP contribution < -0.4 is 10.6 Å². The van der Waals surface area contributed by atoms with Crippen molar-refractivity contribution in [3.63, 3.8) is 0 Å². The highest BCUT2D eigenvalue weighted by Crippen LogP contribution is 2.32. The van der Waals surface area contributed by atoms with Crippen LogP contribution in [0.1, 0.15) is 10.6 Å². The van der Waals surface area contributed by atoms with Gasteiger partial charge in [0.1, 0.15) is 5.01 Å². The van der Waals surface area contributed by atoms with E-state index < -0.39 is 0 Å². The number of para-hydroxylation sites is 1. The fourth-order valence-electron chi connectivity index (χ4n) is 2.23. The Hall–Kier alpha value is -2.08. The van der Waals surface area contributed by atoms with Gasteiger partial charge in [-0.2, -0.15) is 0 Å². The van der Waals surface area contributed by atoms with Crippen molar-refractivity contribution in [2.45, 2.75) is 13.5 Å². The summed E-state index contributed by atoms with van der Waals surface area (Å²) in [4.78, 5) is 17.6. The van der Waals surface area contributed by atoms with E-state index in [4.69, 9.17) is 23.2 Å². The molecule has 0 spiro atoms. The van der Waals surface area contributed by atoms with Crippen molar-refractivity contribution in [2.24, 2.45) is 0 Å². The standard InChI is InChI=1S/C18H15Cl2N3OS/c1-11-16(25-17(22-11)12-6-2-3-7-13(12)19)10-21-18(24)23-15-9-5-4-8-14(15)20/h2-9H,10H2,1H3,(H2,21,23,24). The van der Waals surface area contributed by atoms with E-state index in [1.807, 2.05) is 43.3 Å². The molecule has 0 fully saturated rings. The van der Waals surface area contributed by atoms with E-state index in [2.05, 4.69) is 15.6 Å². The third-order valence-corrected chi connectivity index (χ3v) is 5.38. The van der Waals surface area contributed by atoms with Gasteiger partial charge in [0, 0.05) is 10.4 Å². The zero-order valence-electron chi connectivity index (χ0n) is 13.3. The summed E-state index contributed by atoms with van der Waals surface area (Å²) < 4.78 is 0. The van der Waals surface area contributed by atoms with E-state index in [1.165, 1.54) is 11.3 Å². The molecule has 2 N–H and O–H groups in total. The maximum Gasteiger partial charge on any atom is 0.319 e. The molecule has 25 heavy (non-hydrogen) atoms. The number of urea groups is 1. The molecule has 0 bridgehead atoms. The van der Waals surface area contributed by atoms with Crippen LogP contribution in [0.15, 0.2) is 48.5 Å². The summed E-state index contributed by atoms with van der Waals surface area (Å²) in [6, 6.07) is 14.3. The summed E-state index contributed by atoms with van der Waals surface area (Å²) in [6.07, 6.45) is 0. The number of aryl methyl sites for hydroxylation is 1. The van der Waals surface area contributed by atoms with Gasteiger partial charge in [-0.25, -0.2) is 9.78 Å². The quantitative estimate of drug-likeness (QED) is 0.594. The second-order valence-corrected chi connectivity index (χ2v) is 7.19. The summed E-state index contributed by atoms with van der Waals surface area (Å²) in [5.74, 6) is 0. The Bertz CT molecular complexity index is 911. The molecule has 4 nitrogen and oxygen atoms in total. The minimum atomic E-state index is -0.319. The van der Waals surface area contributed by atoms with Crippen molar-refractivity contribution in [3.05, 3.63) is 69.1 Å². The summed E-state index contributed by atoms with van der Waals surface area (Å²) >= 11 is 13.8. The zero-order valence-corrected chi connectivity index (χ0v) is 15.7. The summed E-state index contributed by atoms with van der Waals surface area (Å²) in [5.41, 5.74) is 2.33. The highest BCUT2D eigenvalue weighted by Gasteiger charge is 2.13. The second kappa shape index (κ2) is 7.87. The molecule has 128 valence electrons. The normalized spacial score (nSPS) is 10.5. The van der Waals surface area contributed by atoms with Crippen LogP contribution in [-0.4, -0.2) is 11.0 Å². The van der Waals surface area contributed by atoms with Crippen molar-refractivity contribution in [1.82, 2.24) is 10.3 Å². The average Bonchev–Trinajstić information content (AvgIpc) is 2.96. The molecule has 0 radical (unpaired) electrons. The first-order chi connectivity index (χ1) is 12.0. The first-order valence-corrected chi connectivity index (χ1v) is 9.12. The van der Waals surface area contributed by atoms with E-state index in [1.54, 1.807) is 12.1 Å². The van der Waals surface area contributed by atoms with Crippen LogP contribution >= 0.6 is 34.5 Å². The number of carbonyl (C=O) groups excluding carboxylic acids is 1. The predicted octanol–water partition coefficient (Wildman–Crippen LogP) is 5.75. The minimum Gasteiger partial charge on any atom is -0.333 e. The smallest absolute Gasteiger partial charge is 0.319 e. The largest absolute Gasteiger partial charge is 0.333 e. The monoisotopic (exact) mass is 391 g/mol. The first-order valence-electron chi connectivity index (χ1n) is 7.55. The number of halogens is 2. The van der Waals surface area contributed by atoms with Gasteiger partial charge in [-0.05, 0) is 25.1 Å². The lowest BCUT2D eigenvalue weighted by Crippen LogP contribution is -2.28. The maximum absolute atomic E-state index is 12.1. The van der Waals surface area contributed by atoms with Gasteiger partial charge in [0.25, 0.3) is 0 Å². The van der Waals surface area contributed by atoms with Crippen LogP contribution in [0.25, 0.3) is 10.6 Å². The number of hydrogen-bond donors (Lipinski definition) is 2. The molecular formula is C18H15Cl2N3OS. The van der Waals surface area contributed by atoms with Gasteiger partial charge in [-0.15, -0.1) is 11.3 Å². The molecule has 0 aliphatic heterocycles. The van der Waals surface area contributed by atoms with Crippen LogP contribution in [-0.2, 0) is 6.54 Å². The Balaban J connectivity index is 1.67. The number of aromatic nitrogens is 1. The molecular weight excluding hydrogens is 377 g/mol. The van der Waals surface area contributed by atoms with Gasteiger partial charge in [-0.3, -0.25) is 0 Å². The first kappa shape index (κ1) is 17.7. The number of hydrogen-bond acceptors (Lipinski definition) is 3. The fraction of sp³-hybridized carbons (Fsp3) is 0.111. The molecule has 0 unspecified atom stereocenters. The SMILES string of the molecule is Cc1nc(-c2ccccc2Cl)sc1CNC(=O)Nc1ccccc1Cl.